The van der Waals surface area contributed by atoms with E-state index in [1.807, 2.05) is 41.5 Å². The molecular formula is C14H18O4. The van der Waals surface area contributed by atoms with Crippen LogP contribution in [-0.2, 0) is 19.1 Å². The van der Waals surface area contributed by atoms with Crippen molar-refractivity contribution in [2.45, 2.75) is 41.5 Å². The highest BCUT2D eigenvalue weighted by molar-refractivity contribution is 6.03. The van der Waals surface area contributed by atoms with Gasteiger partial charge in [0.05, 0.1) is 11.1 Å². The standard InChI is InChI=1S/C14H18O4/c1-13(2,3)7-9-10(18-11(7)15)8(12(16)17-9)14(4,5)6/h1-6H3. The second-order valence-electron chi connectivity index (χ2n) is 6.69. The summed E-state index contributed by atoms with van der Waals surface area (Å²) in [6.07, 6.45) is 0. The highest BCUT2D eigenvalue weighted by Gasteiger charge is 2.48. The number of ether oxygens (including phenoxy) is 2. The van der Waals surface area contributed by atoms with Gasteiger partial charge in [-0.15, -0.1) is 0 Å². The zero-order valence-electron chi connectivity index (χ0n) is 11.6. The first-order valence-corrected chi connectivity index (χ1v) is 5.97. The van der Waals surface area contributed by atoms with Crippen molar-refractivity contribution in [3.05, 3.63) is 22.7 Å². The third-order valence-electron chi connectivity index (χ3n) is 2.96. The molecule has 18 heavy (non-hydrogen) atoms. The summed E-state index contributed by atoms with van der Waals surface area (Å²) < 4.78 is 10.5. The second kappa shape index (κ2) is 3.46. The molecule has 0 amide bonds. The Kier molecular flexibility index (Phi) is 2.48. The Bertz CT molecular complexity index is 459. The second-order valence-corrected chi connectivity index (χ2v) is 6.69. The number of hydrogen-bond acceptors (Lipinski definition) is 4. The van der Waals surface area contributed by atoms with E-state index in [0.717, 1.165) is 0 Å². The van der Waals surface area contributed by atoms with Crippen LogP contribution < -0.4 is 0 Å². The molecule has 0 aliphatic carbocycles. The molecule has 0 N–H and O–H groups in total. The Morgan fingerprint density at radius 1 is 0.667 bits per heavy atom. The van der Waals surface area contributed by atoms with Crippen LogP contribution in [0, 0.1) is 10.8 Å². The van der Waals surface area contributed by atoms with Crippen molar-refractivity contribution in [2.75, 3.05) is 0 Å². The normalized spacial score (nSPS) is 20.3. The van der Waals surface area contributed by atoms with Gasteiger partial charge in [0, 0.05) is 0 Å². The Morgan fingerprint density at radius 2 is 0.944 bits per heavy atom. The molecule has 0 aromatic carbocycles. The Labute approximate surface area is 107 Å². The lowest BCUT2D eigenvalue weighted by molar-refractivity contribution is -0.134. The van der Waals surface area contributed by atoms with Crippen LogP contribution in [0.4, 0.5) is 0 Å². The molecule has 0 spiro atoms. The molecule has 0 unspecified atom stereocenters. The first kappa shape index (κ1) is 12.9. The maximum atomic E-state index is 11.9. The molecular weight excluding hydrogens is 232 g/mol. The topological polar surface area (TPSA) is 52.6 Å². The molecule has 2 heterocycles. The fourth-order valence-electron chi connectivity index (χ4n) is 2.19. The number of rotatable bonds is 0. The van der Waals surface area contributed by atoms with Crippen molar-refractivity contribution in [3.8, 4) is 0 Å². The molecule has 0 aromatic heterocycles. The van der Waals surface area contributed by atoms with Crippen molar-refractivity contribution < 1.29 is 19.1 Å². The van der Waals surface area contributed by atoms with E-state index < -0.39 is 22.8 Å². The highest BCUT2D eigenvalue weighted by atomic mass is 16.6. The van der Waals surface area contributed by atoms with Gasteiger partial charge in [0.15, 0.2) is 11.5 Å². The summed E-state index contributed by atoms with van der Waals surface area (Å²) in [4.78, 5) is 23.8. The van der Waals surface area contributed by atoms with Gasteiger partial charge in [0.2, 0.25) is 0 Å². The Hall–Kier alpha value is -1.58. The maximum Gasteiger partial charge on any atom is 0.344 e. The molecule has 0 saturated carbocycles. The van der Waals surface area contributed by atoms with E-state index in [9.17, 15) is 9.59 Å². The third kappa shape index (κ3) is 1.76. The van der Waals surface area contributed by atoms with Crippen LogP contribution in [0.15, 0.2) is 22.7 Å². The maximum absolute atomic E-state index is 11.9. The lowest BCUT2D eigenvalue weighted by Gasteiger charge is -2.19. The largest absolute Gasteiger partial charge is 0.418 e. The summed E-state index contributed by atoms with van der Waals surface area (Å²) in [6.45, 7) is 11.3. The molecule has 2 rings (SSSR count). The highest BCUT2D eigenvalue weighted by Crippen LogP contribution is 2.46. The number of fused-ring (bicyclic) bond motifs is 1. The van der Waals surface area contributed by atoms with Gasteiger partial charge in [-0.3, -0.25) is 0 Å². The average molecular weight is 250 g/mol. The predicted octanol–water partition coefficient (Wildman–Crippen LogP) is 2.70. The van der Waals surface area contributed by atoms with Gasteiger partial charge in [0.1, 0.15) is 0 Å². The molecule has 0 saturated heterocycles. The average Bonchev–Trinajstić information content (AvgIpc) is 2.52. The van der Waals surface area contributed by atoms with E-state index in [1.165, 1.54) is 0 Å². The van der Waals surface area contributed by atoms with E-state index >= 15 is 0 Å². The fourth-order valence-corrected chi connectivity index (χ4v) is 2.19. The van der Waals surface area contributed by atoms with E-state index in [-0.39, 0.29) is 0 Å². The van der Waals surface area contributed by atoms with Gasteiger partial charge in [0.25, 0.3) is 0 Å². The van der Waals surface area contributed by atoms with Gasteiger partial charge < -0.3 is 9.47 Å². The summed E-state index contributed by atoms with van der Waals surface area (Å²) in [5, 5.41) is 0. The molecule has 0 atom stereocenters. The zero-order chi connectivity index (χ0) is 13.9. The molecule has 98 valence electrons. The van der Waals surface area contributed by atoms with E-state index in [0.29, 0.717) is 22.7 Å². The summed E-state index contributed by atoms with van der Waals surface area (Å²) in [7, 11) is 0. The number of carbonyl (C=O) groups is 2. The number of esters is 2. The summed E-state index contributed by atoms with van der Waals surface area (Å²) >= 11 is 0. The zero-order valence-corrected chi connectivity index (χ0v) is 11.6. The van der Waals surface area contributed by atoms with Crippen LogP contribution in [0.5, 0.6) is 0 Å². The van der Waals surface area contributed by atoms with E-state index in [1.54, 1.807) is 0 Å². The van der Waals surface area contributed by atoms with Crippen molar-refractivity contribution in [1.29, 1.82) is 0 Å². The van der Waals surface area contributed by atoms with Crippen LogP contribution in [0.1, 0.15) is 41.5 Å². The first-order chi connectivity index (χ1) is 8.03. The van der Waals surface area contributed by atoms with Crippen LogP contribution in [0.2, 0.25) is 0 Å². The van der Waals surface area contributed by atoms with E-state index in [2.05, 4.69) is 0 Å². The SMILES string of the molecule is CC(C)(C)C1=C2OC(=O)C(C(C)(C)C)=C2OC1=O. The summed E-state index contributed by atoms with van der Waals surface area (Å²) in [6, 6.07) is 0. The molecule has 0 fully saturated rings. The monoisotopic (exact) mass is 250 g/mol. The minimum Gasteiger partial charge on any atom is -0.418 e. The van der Waals surface area contributed by atoms with Gasteiger partial charge in [-0.25, -0.2) is 9.59 Å². The quantitative estimate of drug-likeness (QED) is 0.620. The molecule has 2 aliphatic rings. The first-order valence-electron chi connectivity index (χ1n) is 5.97. The van der Waals surface area contributed by atoms with Gasteiger partial charge in [-0.1, -0.05) is 41.5 Å². The molecule has 0 bridgehead atoms. The molecule has 0 aromatic rings. The van der Waals surface area contributed by atoms with E-state index in [4.69, 9.17) is 9.47 Å². The van der Waals surface area contributed by atoms with Crippen LogP contribution in [-0.4, -0.2) is 11.9 Å². The molecule has 4 heteroatoms. The smallest absolute Gasteiger partial charge is 0.344 e. The van der Waals surface area contributed by atoms with Gasteiger partial charge in [-0.2, -0.15) is 0 Å². The Balaban J connectivity index is 2.66. The minimum atomic E-state index is -0.415. The number of carbonyl (C=O) groups excluding carboxylic acids is 2. The van der Waals surface area contributed by atoms with Gasteiger partial charge in [-0.05, 0) is 10.8 Å². The lowest BCUT2D eigenvalue weighted by atomic mass is 9.84. The lowest BCUT2D eigenvalue weighted by Crippen LogP contribution is -2.20. The fraction of sp³-hybridized carbons (Fsp3) is 0.571. The van der Waals surface area contributed by atoms with Crippen molar-refractivity contribution in [3.63, 3.8) is 0 Å². The van der Waals surface area contributed by atoms with Crippen LogP contribution >= 0.6 is 0 Å². The van der Waals surface area contributed by atoms with Crippen molar-refractivity contribution in [1.82, 2.24) is 0 Å². The number of hydrogen-bond donors (Lipinski definition) is 0. The summed E-state index contributed by atoms with van der Waals surface area (Å²) in [5.74, 6) is -0.214. The molecule has 4 nitrogen and oxygen atoms in total. The Morgan fingerprint density at radius 3 is 1.17 bits per heavy atom. The van der Waals surface area contributed by atoms with Crippen LogP contribution in [0.3, 0.4) is 0 Å². The predicted molar refractivity (Wildman–Crippen MR) is 65.1 cm³/mol. The molecule has 2 aliphatic heterocycles. The third-order valence-corrected chi connectivity index (χ3v) is 2.96. The molecule has 0 radical (unpaired) electrons. The van der Waals surface area contributed by atoms with Crippen molar-refractivity contribution in [2.24, 2.45) is 10.8 Å². The minimum absolute atomic E-state index is 0.308. The summed E-state index contributed by atoms with van der Waals surface area (Å²) in [5.41, 5.74) is 0.0408. The van der Waals surface area contributed by atoms with Crippen molar-refractivity contribution >= 4 is 11.9 Å². The van der Waals surface area contributed by atoms with Crippen LogP contribution in [0.25, 0.3) is 0 Å². The van der Waals surface area contributed by atoms with Gasteiger partial charge >= 0.3 is 11.9 Å².